The number of quaternary nitrogens is 1. The van der Waals surface area contributed by atoms with Gasteiger partial charge in [0.2, 0.25) is 10.8 Å². The average Bonchev–Trinajstić information content (AvgIpc) is 3.40. The third-order valence-electron chi connectivity index (χ3n) is 5.27. The summed E-state index contributed by atoms with van der Waals surface area (Å²) < 4.78 is 18.9. The molecule has 5 heterocycles. The molecular weight excluding hydrogens is 356 g/mol. The molecule has 0 bridgehead atoms. The van der Waals surface area contributed by atoms with Crippen molar-refractivity contribution in [3.63, 3.8) is 0 Å². The number of hydrogen-bond donors (Lipinski definition) is 2. The van der Waals surface area contributed by atoms with E-state index in [4.69, 9.17) is 13.9 Å². The fraction of sp³-hybridized carbons (Fsp3) is 0.529. The molecule has 2 aliphatic heterocycles. The number of ether oxygens (including phenoxy) is 2. The van der Waals surface area contributed by atoms with Gasteiger partial charge in [-0.05, 0) is 19.1 Å². The number of nitrogens with one attached hydrogen (secondary N) is 1. The first-order valence-electron chi connectivity index (χ1n) is 8.86. The summed E-state index contributed by atoms with van der Waals surface area (Å²) in [5.74, 6) is 1.21. The summed E-state index contributed by atoms with van der Waals surface area (Å²) in [6.45, 7) is 4.91. The molecule has 0 aliphatic carbocycles. The van der Waals surface area contributed by atoms with Crippen LogP contribution in [0.2, 0.25) is 0 Å². The van der Waals surface area contributed by atoms with Crippen LogP contribution in [0.3, 0.4) is 0 Å². The molecule has 8 nitrogen and oxygen atoms in total. The second-order valence-electron chi connectivity index (χ2n) is 6.86. The summed E-state index contributed by atoms with van der Waals surface area (Å²) in [4.78, 5) is 7.24. The first kappa shape index (κ1) is 16.2. The van der Waals surface area contributed by atoms with Crippen LogP contribution in [0.1, 0.15) is 35.3 Å². The molecule has 0 aromatic carbocycles. The van der Waals surface area contributed by atoms with E-state index in [0.29, 0.717) is 24.0 Å². The molecule has 26 heavy (non-hydrogen) atoms. The number of piperidine rings is 1. The van der Waals surface area contributed by atoms with Gasteiger partial charge in [0.15, 0.2) is 17.6 Å². The van der Waals surface area contributed by atoms with Crippen LogP contribution in [0.15, 0.2) is 22.8 Å². The van der Waals surface area contributed by atoms with Gasteiger partial charge in [-0.25, -0.2) is 4.98 Å². The number of hydrogen-bond acceptors (Lipinski definition) is 7. The highest BCUT2D eigenvalue weighted by molar-refractivity contribution is 7.17. The molecule has 138 valence electrons. The van der Waals surface area contributed by atoms with Gasteiger partial charge in [0.05, 0.1) is 45.4 Å². The molecule has 9 heteroatoms. The molecule has 1 spiro atoms. The number of nitrogens with zero attached hydrogens (tertiary/aromatic N) is 3. The Morgan fingerprint density at radius 1 is 1.31 bits per heavy atom. The van der Waals surface area contributed by atoms with Gasteiger partial charge in [-0.1, -0.05) is 11.3 Å². The predicted octanol–water partition coefficient (Wildman–Crippen LogP) is 0.909. The van der Waals surface area contributed by atoms with E-state index in [-0.39, 0.29) is 11.9 Å². The Morgan fingerprint density at radius 2 is 2.08 bits per heavy atom. The zero-order valence-corrected chi connectivity index (χ0v) is 15.3. The predicted molar refractivity (Wildman–Crippen MR) is 92.4 cm³/mol. The normalized spacial score (nSPS) is 21.7. The van der Waals surface area contributed by atoms with Crippen molar-refractivity contribution in [3.05, 3.63) is 34.9 Å². The topological polar surface area (TPSA) is 86.5 Å². The van der Waals surface area contributed by atoms with Gasteiger partial charge < -0.3 is 23.9 Å². The molecule has 3 aromatic heterocycles. The number of aromatic hydroxyl groups is 1. The molecule has 5 rings (SSSR count). The van der Waals surface area contributed by atoms with Crippen molar-refractivity contribution < 1.29 is 23.9 Å². The quantitative estimate of drug-likeness (QED) is 0.706. The third-order valence-corrected chi connectivity index (χ3v) is 6.36. The second kappa shape index (κ2) is 6.05. The van der Waals surface area contributed by atoms with Gasteiger partial charge in [0.1, 0.15) is 10.7 Å². The SMILES string of the molecule is Cc1nc2sc([C@@H](c3ccco3)[NH+]3CCC4(CC3)OCCO4)c(O)n2n1. The molecule has 2 N–H and O–H groups in total. The van der Waals surface area contributed by atoms with Crippen molar-refractivity contribution in [2.45, 2.75) is 31.6 Å². The maximum atomic E-state index is 10.8. The van der Waals surface area contributed by atoms with E-state index in [9.17, 15) is 5.11 Å². The van der Waals surface area contributed by atoms with Gasteiger partial charge >= 0.3 is 0 Å². The van der Waals surface area contributed by atoms with Gasteiger partial charge in [-0.3, -0.25) is 0 Å². The van der Waals surface area contributed by atoms with Crippen LogP contribution in [0.5, 0.6) is 5.88 Å². The zero-order chi connectivity index (χ0) is 17.7. The largest absolute Gasteiger partial charge is 0.492 e. The van der Waals surface area contributed by atoms with Crippen LogP contribution in [-0.4, -0.2) is 51.8 Å². The van der Waals surface area contributed by atoms with E-state index >= 15 is 0 Å². The number of aromatic nitrogens is 3. The average molecular weight is 377 g/mol. The van der Waals surface area contributed by atoms with E-state index in [0.717, 1.165) is 36.6 Å². The molecule has 0 amide bonds. The number of likely N-dealkylation sites (tertiary alicyclic amines) is 1. The highest BCUT2D eigenvalue weighted by Gasteiger charge is 2.45. The lowest BCUT2D eigenvalue weighted by Crippen LogP contribution is -3.14. The van der Waals surface area contributed by atoms with Crippen molar-refractivity contribution in [1.29, 1.82) is 0 Å². The van der Waals surface area contributed by atoms with Crippen LogP contribution in [0.25, 0.3) is 4.96 Å². The van der Waals surface area contributed by atoms with Crippen molar-refractivity contribution in [1.82, 2.24) is 14.6 Å². The summed E-state index contributed by atoms with van der Waals surface area (Å²) in [6.07, 6.45) is 3.34. The van der Waals surface area contributed by atoms with Gasteiger partial charge in [0.25, 0.3) is 0 Å². The van der Waals surface area contributed by atoms with E-state index in [1.165, 1.54) is 20.8 Å². The molecular formula is C17H21N4O4S+. The summed E-state index contributed by atoms with van der Waals surface area (Å²) in [6, 6.07) is 3.75. The van der Waals surface area contributed by atoms with E-state index < -0.39 is 5.79 Å². The van der Waals surface area contributed by atoms with E-state index in [2.05, 4.69) is 10.1 Å². The minimum absolute atomic E-state index is 0.0995. The summed E-state index contributed by atoms with van der Waals surface area (Å²) in [5, 5.41) is 15.1. The molecule has 0 saturated carbocycles. The fourth-order valence-corrected chi connectivity index (χ4v) is 5.20. The van der Waals surface area contributed by atoms with Gasteiger partial charge in [0, 0.05) is 0 Å². The monoisotopic (exact) mass is 377 g/mol. The highest BCUT2D eigenvalue weighted by Crippen LogP contribution is 2.36. The lowest BCUT2D eigenvalue weighted by atomic mass is 10.0. The summed E-state index contributed by atoms with van der Waals surface area (Å²) in [5.41, 5.74) is 0. The maximum absolute atomic E-state index is 10.8. The molecule has 2 saturated heterocycles. The summed E-state index contributed by atoms with van der Waals surface area (Å²) in [7, 11) is 0. The van der Waals surface area contributed by atoms with Crippen molar-refractivity contribution in [3.8, 4) is 5.88 Å². The van der Waals surface area contributed by atoms with E-state index in [1.807, 2.05) is 19.1 Å². The Labute approximate surface area is 154 Å². The van der Waals surface area contributed by atoms with Crippen molar-refractivity contribution >= 4 is 16.3 Å². The number of rotatable bonds is 3. The van der Waals surface area contributed by atoms with Crippen molar-refractivity contribution in [2.75, 3.05) is 26.3 Å². The Bertz CT molecular complexity index is 903. The molecule has 0 radical (unpaired) electrons. The third kappa shape index (κ3) is 2.54. The Morgan fingerprint density at radius 3 is 2.73 bits per heavy atom. The molecule has 2 fully saturated rings. The Hall–Kier alpha value is -1.94. The molecule has 1 atom stereocenters. The second-order valence-corrected chi connectivity index (χ2v) is 7.87. The maximum Gasteiger partial charge on any atom is 0.235 e. The minimum Gasteiger partial charge on any atom is -0.492 e. The number of aryl methyl sites for hydroxylation is 1. The number of furan rings is 1. The van der Waals surface area contributed by atoms with Crippen molar-refractivity contribution in [2.24, 2.45) is 0 Å². The minimum atomic E-state index is -0.415. The lowest BCUT2D eigenvalue weighted by molar-refractivity contribution is -0.934. The highest BCUT2D eigenvalue weighted by atomic mass is 32.1. The molecule has 0 unspecified atom stereocenters. The lowest BCUT2D eigenvalue weighted by Gasteiger charge is -2.37. The van der Waals surface area contributed by atoms with Gasteiger partial charge in [-0.15, -0.1) is 5.10 Å². The zero-order valence-electron chi connectivity index (χ0n) is 14.5. The Kier molecular flexibility index (Phi) is 3.78. The van der Waals surface area contributed by atoms with Crippen LogP contribution in [0.4, 0.5) is 0 Å². The fourth-order valence-electron chi connectivity index (χ4n) is 4.03. The van der Waals surface area contributed by atoms with Gasteiger partial charge in [-0.2, -0.15) is 4.52 Å². The molecule has 2 aliphatic rings. The van der Waals surface area contributed by atoms with Crippen LogP contribution < -0.4 is 4.90 Å². The molecule has 3 aromatic rings. The smallest absolute Gasteiger partial charge is 0.235 e. The standard InChI is InChI=1S/C17H20N4O4S/c1-11-18-16-21(19-11)15(22)14(26-16)13(12-3-2-8-23-12)20-6-4-17(5-7-20)24-9-10-25-17/h2-3,8,13,22H,4-7,9-10H2,1H3/p+1/t13-/m1/s1. The van der Waals surface area contributed by atoms with Crippen LogP contribution >= 0.6 is 11.3 Å². The van der Waals surface area contributed by atoms with Crippen LogP contribution in [-0.2, 0) is 9.47 Å². The first-order valence-corrected chi connectivity index (χ1v) is 9.68. The first-order chi connectivity index (χ1) is 12.7. The Balaban J connectivity index is 1.50. The number of thiazole rings is 1. The summed E-state index contributed by atoms with van der Waals surface area (Å²) >= 11 is 1.46. The van der Waals surface area contributed by atoms with Crippen LogP contribution in [0, 0.1) is 6.92 Å². The number of fused-ring (bicyclic) bond motifs is 1. The van der Waals surface area contributed by atoms with E-state index in [1.54, 1.807) is 6.26 Å².